The van der Waals surface area contributed by atoms with Crippen LogP contribution in [0.25, 0.3) is 22.6 Å². The van der Waals surface area contributed by atoms with Gasteiger partial charge in [-0.2, -0.15) is 13.2 Å². The zero-order valence-electron chi connectivity index (χ0n) is 15.8. The molecule has 0 bridgehead atoms. The Bertz CT molecular complexity index is 1260. The summed E-state index contributed by atoms with van der Waals surface area (Å²) in [6, 6.07) is 6.54. The van der Waals surface area contributed by atoms with E-state index in [-0.39, 0.29) is 28.7 Å². The number of carboxylic acid groups (broad SMARTS) is 1. The van der Waals surface area contributed by atoms with E-state index in [1.54, 1.807) is 0 Å². The van der Waals surface area contributed by atoms with Crippen LogP contribution in [0.15, 0.2) is 50.7 Å². The molecule has 1 unspecified atom stereocenters. The van der Waals surface area contributed by atoms with Crippen molar-refractivity contribution < 1.29 is 27.6 Å². The van der Waals surface area contributed by atoms with Crippen molar-refractivity contribution in [3.05, 3.63) is 57.9 Å². The lowest BCUT2D eigenvalue weighted by Gasteiger charge is -2.17. The number of aromatic nitrogens is 2. The number of alkyl halides is 3. The Labute approximate surface area is 177 Å². The molecule has 1 aliphatic carbocycles. The van der Waals surface area contributed by atoms with E-state index < -0.39 is 29.3 Å². The summed E-state index contributed by atoms with van der Waals surface area (Å²) in [4.78, 5) is 24.2. The molecule has 0 radical (unpaired) electrons. The molecule has 0 amide bonds. The number of hydrogen-bond acceptors (Lipinski definition) is 6. The summed E-state index contributed by atoms with van der Waals surface area (Å²) < 4.78 is 45.8. The fraction of sp³-hybridized carbons (Fsp3) is 0.286. The molecule has 6 nitrogen and oxygen atoms in total. The fourth-order valence-corrected chi connectivity index (χ4v) is 5.22. The van der Waals surface area contributed by atoms with Gasteiger partial charge in [0.1, 0.15) is 5.69 Å². The summed E-state index contributed by atoms with van der Waals surface area (Å²) in [5.74, 6) is -0.694. The first-order chi connectivity index (χ1) is 14.7. The van der Waals surface area contributed by atoms with Crippen molar-refractivity contribution in [3.8, 4) is 22.6 Å². The Kier molecular flexibility index (Phi) is 4.51. The molecule has 0 spiro atoms. The van der Waals surface area contributed by atoms with Crippen LogP contribution in [0.5, 0.6) is 0 Å². The first-order valence-electron chi connectivity index (χ1n) is 9.52. The lowest BCUT2D eigenvalue weighted by molar-refractivity contribution is -0.309. The quantitative estimate of drug-likeness (QED) is 0.609. The SMILES string of the molecule is O=C([O-])C1CSc2c(C3CC3)c(-c3cc(-c4cccc(C(F)(F)F)c4)no3)cc(=O)n21. The molecule has 3 aromatic rings. The van der Waals surface area contributed by atoms with E-state index in [1.807, 2.05) is 0 Å². The van der Waals surface area contributed by atoms with Crippen LogP contribution in [0.3, 0.4) is 0 Å². The van der Waals surface area contributed by atoms with E-state index in [0.717, 1.165) is 30.5 Å². The Morgan fingerprint density at radius 3 is 2.68 bits per heavy atom. The zero-order valence-corrected chi connectivity index (χ0v) is 16.6. The fourth-order valence-electron chi connectivity index (χ4n) is 3.83. The van der Waals surface area contributed by atoms with Crippen LogP contribution >= 0.6 is 11.8 Å². The second kappa shape index (κ2) is 7.01. The average Bonchev–Trinajstić information content (AvgIpc) is 3.25. The van der Waals surface area contributed by atoms with E-state index in [1.165, 1.54) is 40.6 Å². The molecule has 1 fully saturated rings. The highest BCUT2D eigenvalue weighted by atomic mass is 32.2. The van der Waals surface area contributed by atoms with Crippen molar-refractivity contribution in [2.24, 2.45) is 0 Å². The minimum atomic E-state index is -4.48. The van der Waals surface area contributed by atoms with Crippen LogP contribution in [0.2, 0.25) is 0 Å². The van der Waals surface area contributed by atoms with E-state index in [0.29, 0.717) is 10.6 Å². The lowest BCUT2D eigenvalue weighted by Crippen LogP contribution is -2.37. The van der Waals surface area contributed by atoms with Gasteiger partial charge in [-0.15, -0.1) is 11.8 Å². The Balaban J connectivity index is 1.60. The average molecular weight is 447 g/mol. The minimum absolute atomic E-state index is 0.159. The Morgan fingerprint density at radius 1 is 1.23 bits per heavy atom. The first kappa shape index (κ1) is 19.9. The predicted molar refractivity (Wildman–Crippen MR) is 103 cm³/mol. The predicted octanol–water partition coefficient (Wildman–Crippen LogP) is 3.46. The van der Waals surface area contributed by atoms with Crippen LogP contribution in [0.1, 0.15) is 35.9 Å². The largest absolute Gasteiger partial charge is 0.548 e. The summed E-state index contributed by atoms with van der Waals surface area (Å²) in [6.07, 6.45) is -2.70. The summed E-state index contributed by atoms with van der Waals surface area (Å²) >= 11 is 1.29. The molecule has 1 aliphatic heterocycles. The normalized spacial score (nSPS) is 18.2. The van der Waals surface area contributed by atoms with E-state index in [2.05, 4.69) is 5.16 Å². The minimum Gasteiger partial charge on any atom is -0.548 e. The number of benzene rings is 1. The topological polar surface area (TPSA) is 88.2 Å². The van der Waals surface area contributed by atoms with Crippen molar-refractivity contribution >= 4 is 17.7 Å². The molecule has 1 saturated carbocycles. The zero-order chi connectivity index (χ0) is 21.9. The first-order valence-corrected chi connectivity index (χ1v) is 10.5. The van der Waals surface area contributed by atoms with Gasteiger partial charge in [0.15, 0.2) is 5.76 Å². The van der Waals surface area contributed by atoms with Gasteiger partial charge in [-0.05, 0) is 36.5 Å². The van der Waals surface area contributed by atoms with Gasteiger partial charge in [0.25, 0.3) is 5.56 Å². The van der Waals surface area contributed by atoms with Crippen LogP contribution in [0.4, 0.5) is 13.2 Å². The number of carbonyl (C=O) groups is 1. The highest BCUT2D eigenvalue weighted by Gasteiger charge is 2.37. The number of fused-ring (bicyclic) bond motifs is 1. The van der Waals surface area contributed by atoms with Gasteiger partial charge in [-0.25, -0.2) is 0 Å². The molecule has 2 aliphatic rings. The third kappa shape index (κ3) is 3.44. The highest BCUT2D eigenvalue weighted by Crippen LogP contribution is 2.50. The molecule has 5 rings (SSSR count). The molecule has 160 valence electrons. The van der Waals surface area contributed by atoms with Gasteiger partial charge in [-0.3, -0.25) is 9.36 Å². The van der Waals surface area contributed by atoms with Gasteiger partial charge in [0.2, 0.25) is 0 Å². The van der Waals surface area contributed by atoms with E-state index in [4.69, 9.17) is 4.52 Å². The summed E-state index contributed by atoms with van der Waals surface area (Å²) in [7, 11) is 0. The second-order valence-corrected chi connectivity index (χ2v) is 8.57. The Morgan fingerprint density at radius 2 is 2.00 bits per heavy atom. The van der Waals surface area contributed by atoms with Crippen molar-refractivity contribution in [3.63, 3.8) is 0 Å². The lowest BCUT2D eigenvalue weighted by atomic mass is 10.0. The maximum Gasteiger partial charge on any atom is 0.416 e. The van der Waals surface area contributed by atoms with Gasteiger partial charge >= 0.3 is 6.18 Å². The maximum absolute atomic E-state index is 13.0. The summed E-state index contributed by atoms with van der Waals surface area (Å²) in [6.45, 7) is 0. The number of carbonyl (C=O) groups excluding carboxylic acids is 1. The maximum atomic E-state index is 13.0. The van der Waals surface area contributed by atoms with E-state index in [9.17, 15) is 27.9 Å². The standard InChI is InChI=1S/C21H15F3N2O4S/c22-21(23,24)12-3-1-2-11(6-12)14-8-16(30-25-14)13-7-17(27)26-15(20(28)29)9-31-19(26)18(13)10-4-5-10/h1-3,6-8,10,15H,4-5,9H2,(H,28,29)/p-1. The van der Waals surface area contributed by atoms with Crippen molar-refractivity contribution in [2.75, 3.05) is 5.75 Å². The molecule has 2 aromatic heterocycles. The van der Waals surface area contributed by atoms with Gasteiger partial charge in [-0.1, -0.05) is 17.3 Å². The van der Waals surface area contributed by atoms with E-state index >= 15 is 0 Å². The number of rotatable bonds is 4. The van der Waals surface area contributed by atoms with Crippen LogP contribution in [0, 0.1) is 0 Å². The smallest absolute Gasteiger partial charge is 0.416 e. The number of hydrogen-bond donors (Lipinski definition) is 0. The molecule has 31 heavy (non-hydrogen) atoms. The Hall–Kier alpha value is -3.01. The number of halogens is 3. The van der Waals surface area contributed by atoms with Crippen molar-refractivity contribution in [2.45, 2.75) is 36.0 Å². The van der Waals surface area contributed by atoms with Crippen molar-refractivity contribution in [1.29, 1.82) is 0 Å². The second-order valence-electron chi connectivity index (χ2n) is 7.56. The number of pyridine rings is 1. The van der Waals surface area contributed by atoms with Gasteiger partial charge in [0.05, 0.1) is 22.6 Å². The molecule has 1 atom stereocenters. The molecule has 10 heteroatoms. The third-order valence-corrected chi connectivity index (χ3v) is 6.63. The number of nitrogens with zero attached hydrogens (tertiary/aromatic N) is 2. The summed E-state index contributed by atoms with van der Waals surface area (Å²) in [5, 5.41) is 15.9. The highest BCUT2D eigenvalue weighted by molar-refractivity contribution is 7.99. The molecule has 0 saturated heterocycles. The summed E-state index contributed by atoms with van der Waals surface area (Å²) in [5.41, 5.74) is 0.473. The third-order valence-electron chi connectivity index (χ3n) is 5.45. The number of carboxylic acids is 1. The van der Waals surface area contributed by atoms with Crippen LogP contribution in [-0.4, -0.2) is 21.4 Å². The monoisotopic (exact) mass is 447 g/mol. The molecule has 1 aromatic carbocycles. The molecule has 3 heterocycles. The van der Waals surface area contributed by atoms with Crippen molar-refractivity contribution in [1.82, 2.24) is 9.72 Å². The molecule has 0 N–H and O–H groups in total. The number of thioether (sulfide) groups is 1. The van der Waals surface area contributed by atoms with Crippen LogP contribution < -0.4 is 10.7 Å². The van der Waals surface area contributed by atoms with Gasteiger partial charge in [0, 0.05) is 29.0 Å². The number of aliphatic carboxylic acids is 1. The van der Waals surface area contributed by atoms with Gasteiger partial charge < -0.3 is 14.4 Å². The molecular weight excluding hydrogens is 433 g/mol. The molecular formula is C21H14F3N2O4S-. The van der Waals surface area contributed by atoms with Crippen LogP contribution in [-0.2, 0) is 11.0 Å².